The Balaban J connectivity index is 0.000000406. The van der Waals surface area contributed by atoms with Gasteiger partial charge >= 0.3 is 12.1 Å². The van der Waals surface area contributed by atoms with Crippen LogP contribution in [0.25, 0.3) is 10.3 Å². The lowest BCUT2D eigenvalue weighted by molar-refractivity contribution is -0.192. The second-order valence-corrected chi connectivity index (χ2v) is 8.41. The number of hydrogen-bond acceptors (Lipinski definition) is 8. The molecule has 9 nitrogen and oxygen atoms in total. The number of carboxylic acids is 1. The number of fused-ring (bicyclic) bond motifs is 1. The first-order valence-corrected chi connectivity index (χ1v) is 11.1. The smallest absolute Gasteiger partial charge is 0.475 e. The highest BCUT2D eigenvalue weighted by Crippen LogP contribution is 2.34. The molecule has 1 saturated heterocycles. The minimum atomic E-state index is -5.08. The van der Waals surface area contributed by atoms with Crippen LogP contribution in [-0.4, -0.2) is 76.2 Å². The number of thiophene rings is 1. The molecule has 0 saturated carbocycles. The van der Waals surface area contributed by atoms with Crippen LogP contribution in [0.1, 0.15) is 22.5 Å². The van der Waals surface area contributed by atoms with Crippen LogP contribution in [-0.2, 0) is 4.79 Å². The molecular formula is C21H23F3N6O3S. The van der Waals surface area contributed by atoms with Gasteiger partial charge in [-0.25, -0.2) is 14.8 Å². The van der Waals surface area contributed by atoms with Gasteiger partial charge in [0.15, 0.2) is 0 Å². The number of hydrogen-bond donors (Lipinski definition) is 2. The quantitative estimate of drug-likeness (QED) is 0.565. The van der Waals surface area contributed by atoms with Crippen molar-refractivity contribution in [3.8, 4) is 0 Å². The van der Waals surface area contributed by atoms with Gasteiger partial charge < -0.3 is 20.2 Å². The summed E-state index contributed by atoms with van der Waals surface area (Å²) in [5.41, 5.74) is 2.72. The second-order valence-electron chi connectivity index (χ2n) is 7.41. The molecule has 3 aromatic heterocycles. The van der Waals surface area contributed by atoms with Crippen molar-refractivity contribution in [2.24, 2.45) is 0 Å². The van der Waals surface area contributed by atoms with Crippen molar-refractivity contribution in [3.63, 3.8) is 0 Å². The van der Waals surface area contributed by atoms with Gasteiger partial charge in [0.1, 0.15) is 15.2 Å². The summed E-state index contributed by atoms with van der Waals surface area (Å²) in [6, 6.07) is 4.29. The number of pyridine rings is 1. The van der Waals surface area contributed by atoms with E-state index in [1.54, 1.807) is 12.4 Å². The largest absolute Gasteiger partial charge is 0.490 e. The Labute approximate surface area is 197 Å². The fourth-order valence-corrected chi connectivity index (χ4v) is 4.69. The maximum Gasteiger partial charge on any atom is 0.490 e. The van der Waals surface area contributed by atoms with Crippen molar-refractivity contribution in [1.29, 1.82) is 0 Å². The highest BCUT2D eigenvalue weighted by atomic mass is 32.1. The average molecular weight is 497 g/mol. The SMILES string of the molecule is CNc1c(C(=O)N(C)C2CCN(c3ccncc3)CC2)sc2nccnc12.O=C(O)C(F)(F)F. The number of piperidine rings is 1. The number of halogens is 3. The zero-order valence-corrected chi connectivity index (χ0v) is 19.2. The van der Waals surface area contributed by atoms with Crippen molar-refractivity contribution < 1.29 is 27.9 Å². The molecule has 3 aromatic rings. The Morgan fingerprint density at radius 2 is 1.74 bits per heavy atom. The number of carboxylic acid groups (broad SMARTS) is 1. The second kappa shape index (κ2) is 10.6. The normalized spacial score (nSPS) is 14.3. The molecule has 0 atom stereocenters. The fourth-order valence-electron chi connectivity index (χ4n) is 3.60. The summed E-state index contributed by atoms with van der Waals surface area (Å²) in [6.45, 7) is 1.86. The molecule has 0 bridgehead atoms. The van der Waals surface area contributed by atoms with Crippen molar-refractivity contribution in [2.75, 3.05) is 37.4 Å². The molecule has 2 N–H and O–H groups in total. The van der Waals surface area contributed by atoms with E-state index in [1.165, 1.54) is 17.0 Å². The van der Waals surface area contributed by atoms with Crippen molar-refractivity contribution in [3.05, 3.63) is 41.8 Å². The summed E-state index contributed by atoms with van der Waals surface area (Å²) in [4.78, 5) is 40.6. The number of alkyl halides is 3. The first kappa shape index (κ1) is 25.1. The molecule has 0 aromatic carbocycles. The number of amides is 1. The van der Waals surface area contributed by atoms with Gasteiger partial charge in [0, 0.05) is 63.7 Å². The summed E-state index contributed by atoms with van der Waals surface area (Å²) in [7, 11) is 3.72. The van der Waals surface area contributed by atoms with Crippen LogP contribution in [0.3, 0.4) is 0 Å². The van der Waals surface area contributed by atoms with E-state index >= 15 is 0 Å². The third kappa shape index (κ3) is 5.71. The van der Waals surface area contributed by atoms with Crippen molar-refractivity contribution in [1.82, 2.24) is 19.9 Å². The number of nitrogens with one attached hydrogen (secondary N) is 1. The van der Waals surface area contributed by atoms with E-state index in [2.05, 4.69) is 25.2 Å². The van der Waals surface area contributed by atoms with Crippen LogP contribution in [0.4, 0.5) is 24.5 Å². The maximum absolute atomic E-state index is 13.2. The molecule has 1 aliphatic rings. The number of carbonyl (C=O) groups is 2. The molecule has 0 unspecified atom stereocenters. The van der Waals surface area contributed by atoms with E-state index in [0.717, 1.165) is 42.0 Å². The van der Waals surface area contributed by atoms with Gasteiger partial charge in [-0.2, -0.15) is 13.2 Å². The number of nitrogens with zero attached hydrogens (tertiary/aromatic N) is 5. The summed E-state index contributed by atoms with van der Waals surface area (Å²) in [5, 5.41) is 10.3. The van der Waals surface area contributed by atoms with Gasteiger partial charge in [0.05, 0.1) is 5.69 Å². The fraction of sp³-hybridized carbons (Fsp3) is 0.381. The lowest BCUT2D eigenvalue weighted by atomic mass is 10.0. The summed E-state index contributed by atoms with van der Waals surface area (Å²) in [6.07, 6.45) is 3.76. The highest BCUT2D eigenvalue weighted by molar-refractivity contribution is 7.21. The lowest BCUT2D eigenvalue weighted by Gasteiger charge is -2.37. The molecule has 4 rings (SSSR count). The Bertz CT molecular complexity index is 1130. The Morgan fingerprint density at radius 3 is 2.29 bits per heavy atom. The Hall–Kier alpha value is -3.48. The molecule has 1 amide bonds. The third-order valence-electron chi connectivity index (χ3n) is 5.37. The number of anilines is 2. The minimum Gasteiger partial charge on any atom is -0.475 e. The van der Waals surface area contributed by atoms with Gasteiger partial charge in [-0.15, -0.1) is 11.3 Å². The molecule has 182 valence electrons. The zero-order valence-electron chi connectivity index (χ0n) is 18.4. The predicted octanol–water partition coefficient (Wildman–Crippen LogP) is 3.50. The van der Waals surface area contributed by atoms with Crippen molar-refractivity contribution >= 4 is 44.9 Å². The van der Waals surface area contributed by atoms with E-state index in [0.29, 0.717) is 4.88 Å². The first-order valence-electron chi connectivity index (χ1n) is 10.3. The molecule has 13 heteroatoms. The minimum absolute atomic E-state index is 0.0338. The standard InChI is InChI=1S/C19H22N6OS.C2HF3O2/c1-20-15-16-18(23-10-9-22-16)27-17(15)19(26)24(2)13-5-11-25(12-6-13)14-3-7-21-8-4-14;3-2(4,5)1(6)7/h3-4,7-10,13,20H,5-6,11-12H2,1-2H3;(H,6,7). The predicted molar refractivity (Wildman–Crippen MR) is 122 cm³/mol. The summed E-state index contributed by atoms with van der Waals surface area (Å²) in [5.74, 6) is -2.72. The molecule has 4 heterocycles. The third-order valence-corrected chi connectivity index (χ3v) is 6.45. The number of aromatic nitrogens is 3. The van der Waals surface area contributed by atoms with E-state index < -0.39 is 12.1 Å². The lowest BCUT2D eigenvalue weighted by Crippen LogP contribution is -2.45. The van der Waals surface area contributed by atoms with Crippen LogP contribution in [0.5, 0.6) is 0 Å². The van der Waals surface area contributed by atoms with E-state index in [1.807, 2.05) is 43.5 Å². The van der Waals surface area contributed by atoms with Crippen LogP contribution < -0.4 is 10.2 Å². The number of carbonyl (C=O) groups excluding carboxylic acids is 1. The molecule has 0 aliphatic carbocycles. The first-order chi connectivity index (χ1) is 16.1. The molecule has 1 fully saturated rings. The van der Waals surface area contributed by atoms with E-state index in [4.69, 9.17) is 9.90 Å². The average Bonchev–Trinajstić information content (AvgIpc) is 3.22. The number of aliphatic carboxylic acids is 1. The molecular weight excluding hydrogens is 473 g/mol. The molecule has 34 heavy (non-hydrogen) atoms. The molecule has 1 aliphatic heterocycles. The van der Waals surface area contributed by atoms with Gasteiger partial charge in [0.25, 0.3) is 5.91 Å². The highest BCUT2D eigenvalue weighted by Gasteiger charge is 2.38. The Kier molecular flexibility index (Phi) is 7.87. The van der Waals surface area contributed by atoms with Gasteiger partial charge in [-0.05, 0) is 25.0 Å². The van der Waals surface area contributed by atoms with E-state index in [-0.39, 0.29) is 11.9 Å². The summed E-state index contributed by atoms with van der Waals surface area (Å²) < 4.78 is 31.7. The van der Waals surface area contributed by atoms with Gasteiger partial charge in [-0.1, -0.05) is 0 Å². The van der Waals surface area contributed by atoms with Gasteiger partial charge in [-0.3, -0.25) is 9.78 Å². The van der Waals surface area contributed by atoms with Crippen LogP contribution in [0, 0.1) is 0 Å². The molecule has 0 radical (unpaired) electrons. The topological polar surface area (TPSA) is 112 Å². The van der Waals surface area contributed by atoms with Crippen LogP contribution >= 0.6 is 11.3 Å². The Morgan fingerprint density at radius 1 is 1.15 bits per heavy atom. The molecule has 0 spiro atoms. The number of rotatable bonds is 4. The van der Waals surface area contributed by atoms with Gasteiger partial charge in [0.2, 0.25) is 0 Å². The monoisotopic (exact) mass is 496 g/mol. The van der Waals surface area contributed by atoms with Crippen LogP contribution in [0.2, 0.25) is 0 Å². The van der Waals surface area contributed by atoms with Crippen LogP contribution in [0.15, 0.2) is 36.9 Å². The zero-order chi connectivity index (χ0) is 24.9. The van der Waals surface area contributed by atoms with E-state index in [9.17, 15) is 18.0 Å². The van der Waals surface area contributed by atoms with Crippen molar-refractivity contribution in [2.45, 2.75) is 25.1 Å². The maximum atomic E-state index is 13.2. The summed E-state index contributed by atoms with van der Waals surface area (Å²) >= 11 is 1.40.